The zero-order valence-electron chi connectivity index (χ0n) is 23.4. The van der Waals surface area contributed by atoms with Crippen LogP contribution in [-0.4, -0.2) is 44.6 Å². The lowest BCUT2D eigenvalue weighted by atomic mass is 9.85. The van der Waals surface area contributed by atoms with Crippen LogP contribution in [0.25, 0.3) is 10.9 Å². The van der Waals surface area contributed by atoms with Gasteiger partial charge in [-0.15, -0.1) is 0 Å². The van der Waals surface area contributed by atoms with Crippen molar-refractivity contribution in [3.63, 3.8) is 0 Å². The maximum atomic E-state index is 13.9. The third-order valence-corrected chi connectivity index (χ3v) is 9.07. The lowest BCUT2D eigenvalue weighted by Gasteiger charge is -2.42. The molecule has 5 aliphatic rings. The quantitative estimate of drug-likeness (QED) is 0.388. The number of carbonyl (C=O) groups excluding carboxylic acids is 3. The molecule has 11 heteroatoms. The van der Waals surface area contributed by atoms with Crippen molar-refractivity contribution in [3.05, 3.63) is 106 Å². The zero-order valence-corrected chi connectivity index (χ0v) is 23.4. The highest BCUT2D eigenvalue weighted by Crippen LogP contribution is 2.58. The molecular weight excluding hydrogens is 550 g/mol. The topological polar surface area (TPSA) is 123 Å². The van der Waals surface area contributed by atoms with E-state index in [0.717, 1.165) is 5.56 Å². The normalized spacial score (nSPS) is 28.5. The van der Waals surface area contributed by atoms with Gasteiger partial charge in [0.25, 0.3) is 11.5 Å². The van der Waals surface area contributed by atoms with E-state index in [-0.39, 0.29) is 30.3 Å². The molecule has 1 aromatic heterocycles. The number of rotatable bonds is 2. The van der Waals surface area contributed by atoms with E-state index in [4.69, 9.17) is 14.5 Å². The first-order valence-electron chi connectivity index (χ1n) is 14.2. The van der Waals surface area contributed by atoms with Crippen LogP contribution in [0.4, 0.5) is 10.5 Å². The summed E-state index contributed by atoms with van der Waals surface area (Å²) in [6, 6.07) is 21.6. The molecule has 3 aromatic carbocycles. The molecule has 6 heterocycles. The summed E-state index contributed by atoms with van der Waals surface area (Å²) in [5, 5.41) is 3.34. The first-order chi connectivity index (χ1) is 20.7. The third kappa shape index (κ3) is 3.36. The van der Waals surface area contributed by atoms with Gasteiger partial charge in [0.05, 0.1) is 16.6 Å². The summed E-state index contributed by atoms with van der Waals surface area (Å²) in [5.41, 5.74) is -0.837. The summed E-state index contributed by atoms with van der Waals surface area (Å²) in [4.78, 5) is 63.1. The van der Waals surface area contributed by atoms with Gasteiger partial charge in [0.15, 0.2) is 11.5 Å². The molecule has 5 atom stereocenters. The van der Waals surface area contributed by atoms with Crippen LogP contribution in [0.3, 0.4) is 0 Å². The van der Waals surface area contributed by atoms with Crippen molar-refractivity contribution < 1.29 is 23.9 Å². The van der Waals surface area contributed by atoms with E-state index >= 15 is 0 Å². The maximum absolute atomic E-state index is 13.9. The number of hydrogen-bond acceptors (Lipinski definition) is 7. The van der Waals surface area contributed by atoms with Crippen LogP contribution >= 0.6 is 0 Å². The van der Waals surface area contributed by atoms with Crippen LogP contribution in [-0.2, 0) is 37.0 Å². The molecule has 43 heavy (non-hydrogen) atoms. The molecule has 0 unspecified atom stereocenters. The van der Waals surface area contributed by atoms with Crippen LogP contribution < -0.4 is 15.8 Å². The number of para-hydroxylation sites is 2. The monoisotopic (exact) mass is 577 g/mol. The van der Waals surface area contributed by atoms with Gasteiger partial charge in [0.2, 0.25) is 5.91 Å². The summed E-state index contributed by atoms with van der Waals surface area (Å²) in [7, 11) is 0. The van der Waals surface area contributed by atoms with Gasteiger partial charge in [-0.3, -0.25) is 28.8 Å². The van der Waals surface area contributed by atoms with Crippen molar-refractivity contribution >= 4 is 34.5 Å². The van der Waals surface area contributed by atoms with Gasteiger partial charge in [0.1, 0.15) is 30.5 Å². The number of fused-ring (bicyclic) bond motifs is 5. The Bertz CT molecular complexity index is 1930. The van der Waals surface area contributed by atoms with E-state index in [0.29, 0.717) is 22.2 Å². The molecular formula is C32H27N5O6. The Morgan fingerprint density at radius 2 is 1.74 bits per heavy atom. The Kier molecular flexibility index (Phi) is 5.22. The van der Waals surface area contributed by atoms with E-state index in [1.807, 2.05) is 48.5 Å². The highest BCUT2D eigenvalue weighted by Gasteiger charge is 2.69. The predicted molar refractivity (Wildman–Crippen MR) is 154 cm³/mol. The third-order valence-electron chi connectivity index (χ3n) is 9.07. The maximum Gasteiger partial charge on any atom is 0.412 e. The molecule has 0 aliphatic carbocycles. The van der Waals surface area contributed by atoms with Crippen molar-refractivity contribution in [2.45, 2.75) is 56.5 Å². The van der Waals surface area contributed by atoms with Crippen molar-refractivity contribution in [1.29, 1.82) is 0 Å². The first-order valence-corrected chi connectivity index (χ1v) is 14.2. The smallest absolute Gasteiger partial charge is 0.412 e. The molecule has 4 aromatic rings. The zero-order chi connectivity index (χ0) is 29.7. The first kappa shape index (κ1) is 25.7. The van der Waals surface area contributed by atoms with Crippen LogP contribution in [0.5, 0.6) is 0 Å². The number of amides is 3. The lowest BCUT2D eigenvalue weighted by Crippen LogP contribution is -2.58. The number of ether oxygens (including phenoxy) is 2. The van der Waals surface area contributed by atoms with Crippen molar-refractivity contribution in [2.24, 2.45) is 0 Å². The van der Waals surface area contributed by atoms with Crippen LogP contribution in [0.1, 0.15) is 43.3 Å². The van der Waals surface area contributed by atoms with Crippen molar-refractivity contribution in [2.75, 3.05) is 4.90 Å². The van der Waals surface area contributed by atoms with Gasteiger partial charge in [-0.1, -0.05) is 60.7 Å². The van der Waals surface area contributed by atoms with E-state index < -0.39 is 41.6 Å². The van der Waals surface area contributed by atoms with E-state index in [2.05, 4.69) is 5.32 Å². The molecule has 0 radical (unpaired) electrons. The molecule has 216 valence electrons. The SMILES string of the molecule is C[C@H]1C(=O)N2c3ccccc3[C@@]3(C[C@@H]4C(=O)N[C@](C)(O3)c3nc5ccccc5c(=O)n34)[C@H]2N1C(=O)OCc1ccccc1. The number of hydrogen-bond donors (Lipinski definition) is 1. The highest BCUT2D eigenvalue weighted by molar-refractivity contribution is 6.05. The fraction of sp³-hybridized carbons (Fsp3) is 0.281. The summed E-state index contributed by atoms with van der Waals surface area (Å²) >= 11 is 0. The van der Waals surface area contributed by atoms with Gasteiger partial charge >= 0.3 is 6.09 Å². The Labute approximate surface area is 245 Å². The number of anilines is 1. The van der Waals surface area contributed by atoms with Crippen LogP contribution in [0, 0.1) is 0 Å². The minimum absolute atomic E-state index is 0.0162. The average molecular weight is 578 g/mol. The molecule has 2 bridgehead atoms. The minimum Gasteiger partial charge on any atom is -0.444 e. The van der Waals surface area contributed by atoms with Crippen LogP contribution in [0.15, 0.2) is 83.7 Å². The fourth-order valence-electron chi connectivity index (χ4n) is 7.23. The average Bonchev–Trinajstić information content (AvgIpc) is 3.33. The van der Waals surface area contributed by atoms with Gasteiger partial charge in [-0.05, 0) is 37.6 Å². The Balaban J connectivity index is 1.30. The standard InChI is InChI=1S/C32H27N5O6/c1-18-26(39)37-23-15-9-7-13-21(23)32(29(37)35(18)30(41)42-17-19-10-4-3-5-11-19)16-24-25(38)34-31(2,43-32)28-33-22-14-8-6-12-20(22)27(40)36(24)28/h3-15,18,24,29H,16-17H2,1-2H3,(H,34,38)/t18-,24+,29-,31+,32-/m0/s1. The minimum atomic E-state index is -1.56. The molecule has 0 saturated carbocycles. The second kappa shape index (κ2) is 8.74. The lowest BCUT2D eigenvalue weighted by molar-refractivity contribution is -0.191. The van der Waals surface area contributed by atoms with E-state index in [1.165, 1.54) is 9.47 Å². The summed E-state index contributed by atoms with van der Waals surface area (Å²) in [6.45, 7) is 3.33. The number of carbonyl (C=O) groups is 3. The second-order valence-corrected chi connectivity index (χ2v) is 11.6. The molecule has 5 aliphatic heterocycles. The Morgan fingerprint density at radius 3 is 2.56 bits per heavy atom. The van der Waals surface area contributed by atoms with Gasteiger partial charge in [0, 0.05) is 12.0 Å². The van der Waals surface area contributed by atoms with Crippen LogP contribution in [0.2, 0.25) is 0 Å². The molecule has 2 fully saturated rings. The summed E-state index contributed by atoms with van der Waals surface area (Å²) in [6.07, 6.45) is -1.70. The van der Waals surface area contributed by atoms with E-state index in [1.54, 1.807) is 49.1 Å². The van der Waals surface area contributed by atoms with Crippen molar-refractivity contribution in [1.82, 2.24) is 19.8 Å². The Hall–Kier alpha value is -5.03. The molecule has 1 N–H and O–H groups in total. The summed E-state index contributed by atoms with van der Waals surface area (Å²) in [5.74, 6) is -0.448. The summed E-state index contributed by atoms with van der Waals surface area (Å²) < 4.78 is 14.2. The Morgan fingerprint density at radius 1 is 1.02 bits per heavy atom. The highest BCUT2D eigenvalue weighted by atomic mass is 16.6. The van der Waals surface area contributed by atoms with Gasteiger partial charge in [-0.2, -0.15) is 0 Å². The van der Waals surface area contributed by atoms with Crippen molar-refractivity contribution in [3.8, 4) is 0 Å². The van der Waals surface area contributed by atoms with Gasteiger partial charge in [-0.25, -0.2) is 9.78 Å². The molecule has 9 rings (SSSR count). The number of nitrogens with one attached hydrogen (secondary N) is 1. The largest absolute Gasteiger partial charge is 0.444 e. The van der Waals surface area contributed by atoms with E-state index in [9.17, 15) is 19.2 Å². The number of aromatic nitrogens is 2. The number of benzene rings is 3. The second-order valence-electron chi connectivity index (χ2n) is 11.6. The number of nitrogens with zero attached hydrogens (tertiary/aromatic N) is 4. The molecule has 1 spiro atoms. The predicted octanol–water partition coefficient (Wildman–Crippen LogP) is 3.27. The van der Waals surface area contributed by atoms with Gasteiger partial charge < -0.3 is 14.8 Å². The molecule has 2 saturated heterocycles. The molecule has 11 nitrogen and oxygen atoms in total. The molecule has 3 amide bonds. The fourth-order valence-corrected chi connectivity index (χ4v) is 7.23.